The lowest BCUT2D eigenvalue weighted by Crippen LogP contribution is -2.14. The molecule has 0 atom stereocenters. The summed E-state index contributed by atoms with van der Waals surface area (Å²) in [5.41, 5.74) is 8.58. The quantitative estimate of drug-likeness (QED) is 0.553. The predicted octanol–water partition coefficient (Wildman–Crippen LogP) is 4.75. The Balaban J connectivity index is 2.29. The van der Waals surface area contributed by atoms with E-state index in [0.29, 0.717) is 29.2 Å². The van der Waals surface area contributed by atoms with Crippen LogP contribution in [-0.4, -0.2) is 21.2 Å². The van der Waals surface area contributed by atoms with Crippen LogP contribution in [0.5, 0.6) is 0 Å². The van der Waals surface area contributed by atoms with Gasteiger partial charge in [-0.3, -0.25) is 9.59 Å². The van der Waals surface area contributed by atoms with Crippen LogP contribution in [0, 0.1) is 0 Å². The van der Waals surface area contributed by atoms with E-state index in [1.54, 1.807) is 19.1 Å². The molecule has 2 aromatic heterocycles. The highest BCUT2D eigenvalue weighted by Crippen LogP contribution is 2.30. The number of benzene rings is 1. The maximum absolute atomic E-state index is 12.4. The Morgan fingerprint density at radius 1 is 1.26 bits per heavy atom. The van der Waals surface area contributed by atoms with E-state index < -0.39 is 5.91 Å². The minimum absolute atomic E-state index is 0.0299. The zero-order valence-electron chi connectivity index (χ0n) is 15.1. The highest BCUT2D eigenvalue weighted by molar-refractivity contribution is 9.10. The van der Waals surface area contributed by atoms with Gasteiger partial charge in [0.2, 0.25) is 0 Å². The van der Waals surface area contributed by atoms with Crippen LogP contribution in [0.15, 0.2) is 34.8 Å². The molecule has 0 bridgehead atoms. The highest BCUT2D eigenvalue weighted by atomic mass is 79.9. The minimum atomic E-state index is -0.604. The highest BCUT2D eigenvalue weighted by Gasteiger charge is 2.22. The van der Waals surface area contributed by atoms with Crippen molar-refractivity contribution in [3.05, 3.63) is 62.3 Å². The van der Waals surface area contributed by atoms with E-state index in [2.05, 4.69) is 27.8 Å². The summed E-state index contributed by atoms with van der Waals surface area (Å²) in [4.78, 5) is 28.4. The first-order chi connectivity index (χ1) is 12.8. The summed E-state index contributed by atoms with van der Waals surface area (Å²) in [6.45, 7) is 4.05. The van der Waals surface area contributed by atoms with E-state index in [-0.39, 0.29) is 11.5 Å². The molecule has 5 nitrogen and oxygen atoms in total. The zero-order valence-corrected chi connectivity index (χ0v) is 17.4. The lowest BCUT2D eigenvalue weighted by molar-refractivity contribution is 0.0993. The topological polar surface area (TPSA) is 78.0 Å². The maximum Gasteiger partial charge on any atom is 0.267 e. The molecule has 3 rings (SSSR count). The summed E-state index contributed by atoms with van der Waals surface area (Å²) in [5, 5.41) is 1.34. The molecule has 0 aliphatic heterocycles. The maximum atomic E-state index is 12.4. The van der Waals surface area contributed by atoms with Crippen LogP contribution in [0.3, 0.4) is 0 Å². The molecule has 0 saturated carbocycles. The second-order valence-corrected chi connectivity index (χ2v) is 7.70. The van der Waals surface area contributed by atoms with Crippen molar-refractivity contribution in [3.63, 3.8) is 0 Å². The summed E-state index contributed by atoms with van der Waals surface area (Å²) in [7, 11) is 0. The van der Waals surface area contributed by atoms with Crippen molar-refractivity contribution in [2.75, 3.05) is 0 Å². The molecule has 140 valence electrons. The number of halogens is 2. The molecule has 27 heavy (non-hydrogen) atoms. The van der Waals surface area contributed by atoms with Gasteiger partial charge in [0.15, 0.2) is 5.78 Å². The Morgan fingerprint density at radius 3 is 2.59 bits per heavy atom. The average Bonchev–Trinajstić information content (AvgIpc) is 2.90. The van der Waals surface area contributed by atoms with Crippen molar-refractivity contribution in [2.24, 2.45) is 5.73 Å². The largest absolute Gasteiger partial charge is 0.364 e. The van der Waals surface area contributed by atoms with Gasteiger partial charge in [0.1, 0.15) is 11.3 Å². The zero-order chi connectivity index (χ0) is 19.7. The molecule has 0 aliphatic carbocycles. The Morgan fingerprint density at radius 2 is 2.00 bits per heavy atom. The number of hydrogen-bond donors (Lipinski definition) is 1. The van der Waals surface area contributed by atoms with Crippen LogP contribution in [0.25, 0.3) is 11.0 Å². The molecule has 7 heteroatoms. The number of carbonyl (C=O) groups excluding carboxylic acids is 2. The number of ketones is 1. The molecule has 0 fully saturated rings. The third-order valence-corrected chi connectivity index (χ3v) is 5.29. The number of carbonyl (C=O) groups is 2. The van der Waals surface area contributed by atoms with Crippen molar-refractivity contribution in [1.29, 1.82) is 0 Å². The molecule has 0 aliphatic rings. The van der Waals surface area contributed by atoms with Gasteiger partial charge in [-0.05, 0) is 43.2 Å². The van der Waals surface area contributed by atoms with Gasteiger partial charge in [-0.25, -0.2) is 4.98 Å². The third kappa shape index (κ3) is 3.77. The average molecular weight is 449 g/mol. The lowest BCUT2D eigenvalue weighted by Gasteiger charge is -2.12. The molecule has 0 saturated heterocycles. The Hall–Kier alpha value is -2.18. The molecule has 2 heterocycles. The smallest absolute Gasteiger partial charge is 0.267 e. The normalized spacial score (nSPS) is 11.1. The molecule has 0 radical (unpaired) electrons. The molecule has 1 aromatic carbocycles. The van der Waals surface area contributed by atoms with Gasteiger partial charge in [-0.2, -0.15) is 0 Å². The van der Waals surface area contributed by atoms with Crippen LogP contribution >= 0.6 is 27.5 Å². The molecule has 0 unspecified atom stereocenters. The predicted molar refractivity (Wildman–Crippen MR) is 111 cm³/mol. The van der Waals surface area contributed by atoms with Crippen molar-refractivity contribution in [3.8, 4) is 0 Å². The number of Topliss-reactive ketones (excluding diaryl/α,β-unsaturated/α-hetero) is 1. The number of fused-ring (bicyclic) bond motifs is 1. The van der Waals surface area contributed by atoms with Crippen molar-refractivity contribution >= 4 is 50.3 Å². The molecule has 3 aromatic rings. The number of nitrogens with zero attached hydrogens (tertiary/aromatic N) is 2. The van der Waals surface area contributed by atoms with E-state index in [9.17, 15) is 9.59 Å². The fourth-order valence-corrected chi connectivity index (χ4v) is 4.02. The lowest BCUT2D eigenvalue weighted by atomic mass is 10.1. The molecular weight excluding hydrogens is 430 g/mol. The first kappa shape index (κ1) is 19.6. The van der Waals surface area contributed by atoms with Crippen molar-refractivity contribution < 1.29 is 9.59 Å². The first-order valence-corrected chi connectivity index (χ1v) is 9.77. The van der Waals surface area contributed by atoms with Gasteiger partial charge < -0.3 is 10.3 Å². The fourth-order valence-electron chi connectivity index (χ4n) is 3.28. The van der Waals surface area contributed by atoms with Crippen LogP contribution in [-0.2, 0) is 13.0 Å². The van der Waals surface area contributed by atoms with E-state index in [1.807, 2.05) is 22.8 Å². The summed E-state index contributed by atoms with van der Waals surface area (Å²) in [6, 6.07) is 8.98. The van der Waals surface area contributed by atoms with Gasteiger partial charge in [-0.15, -0.1) is 0 Å². The van der Waals surface area contributed by atoms with Gasteiger partial charge in [-0.1, -0.05) is 46.9 Å². The molecule has 1 amide bonds. The summed E-state index contributed by atoms with van der Waals surface area (Å²) in [6.07, 6.45) is 1.58. The SMILES string of the molecule is CCCc1c(C(C)=O)c2ccc(C(N)=O)nc2n1Cc1ccc(Br)cc1Cl. The second-order valence-electron chi connectivity index (χ2n) is 6.38. The van der Waals surface area contributed by atoms with Crippen LogP contribution in [0.1, 0.15) is 52.4 Å². The van der Waals surface area contributed by atoms with Crippen LogP contribution < -0.4 is 5.73 Å². The number of aromatic nitrogens is 2. The summed E-state index contributed by atoms with van der Waals surface area (Å²) in [5.74, 6) is -0.634. The Labute approximate surface area is 170 Å². The van der Waals surface area contributed by atoms with Crippen LogP contribution in [0.2, 0.25) is 5.02 Å². The number of rotatable bonds is 6. The van der Waals surface area contributed by atoms with Gasteiger partial charge in [0, 0.05) is 26.1 Å². The van der Waals surface area contributed by atoms with Gasteiger partial charge in [0.25, 0.3) is 5.91 Å². The van der Waals surface area contributed by atoms with Gasteiger partial charge in [0.05, 0.1) is 6.54 Å². The van der Waals surface area contributed by atoms with E-state index in [1.165, 1.54) is 0 Å². The molecule has 2 N–H and O–H groups in total. The molecular formula is C20H19BrClN3O2. The number of nitrogens with two attached hydrogens (primary N) is 1. The Kier molecular flexibility index (Phi) is 5.67. The number of primary amides is 1. The van der Waals surface area contributed by atoms with E-state index in [0.717, 1.165) is 27.5 Å². The van der Waals surface area contributed by atoms with E-state index >= 15 is 0 Å². The Bertz CT molecular complexity index is 1060. The first-order valence-electron chi connectivity index (χ1n) is 8.60. The monoisotopic (exact) mass is 447 g/mol. The minimum Gasteiger partial charge on any atom is -0.364 e. The molecule has 0 spiro atoms. The van der Waals surface area contributed by atoms with Crippen molar-refractivity contribution in [1.82, 2.24) is 9.55 Å². The standard InChI is InChI=1S/C20H19BrClN3O2/c1-3-4-17-18(11(2)26)14-7-8-16(19(23)27)24-20(14)25(17)10-12-5-6-13(21)9-15(12)22/h5-9H,3-4,10H2,1-2H3,(H2,23,27). The number of pyridine rings is 1. The number of amides is 1. The third-order valence-electron chi connectivity index (χ3n) is 4.45. The summed E-state index contributed by atoms with van der Waals surface area (Å²) >= 11 is 9.82. The van der Waals surface area contributed by atoms with E-state index in [4.69, 9.17) is 17.3 Å². The van der Waals surface area contributed by atoms with Crippen molar-refractivity contribution in [2.45, 2.75) is 33.2 Å². The fraction of sp³-hybridized carbons (Fsp3) is 0.250. The number of hydrogen-bond acceptors (Lipinski definition) is 3. The van der Waals surface area contributed by atoms with Crippen LogP contribution in [0.4, 0.5) is 0 Å². The van der Waals surface area contributed by atoms with Gasteiger partial charge >= 0.3 is 0 Å². The second kappa shape index (κ2) is 7.82. The summed E-state index contributed by atoms with van der Waals surface area (Å²) < 4.78 is 2.86.